The molecule has 0 unspecified atom stereocenters. The van der Waals surface area contributed by atoms with Gasteiger partial charge in [0.2, 0.25) is 0 Å². The first kappa shape index (κ1) is 16.3. The lowest BCUT2D eigenvalue weighted by Gasteiger charge is -2.07. The highest BCUT2D eigenvalue weighted by molar-refractivity contribution is 5.69. The summed E-state index contributed by atoms with van der Waals surface area (Å²) in [5, 5.41) is 4.51. The summed E-state index contributed by atoms with van der Waals surface area (Å²) in [6.07, 6.45) is 1.53. The third-order valence-electron chi connectivity index (χ3n) is 4.28. The van der Waals surface area contributed by atoms with Crippen molar-refractivity contribution in [3.05, 3.63) is 84.6 Å². The lowest BCUT2D eigenvalue weighted by molar-refractivity contribution is 0.580. The topological polar surface area (TPSA) is 56.2 Å². The Morgan fingerprint density at radius 1 is 0.786 bits per heavy atom. The van der Waals surface area contributed by atoms with Gasteiger partial charge in [0.05, 0.1) is 12.0 Å². The van der Waals surface area contributed by atoms with Crippen LogP contribution in [-0.4, -0.2) is 19.6 Å². The molecule has 5 aromatic rings. The molecule has 0 amide bonds. The minimum absolute atomic E-state index is 0.299. The van der Waals surface area contributed by atoms with E-state index in [1.807, 2.05) is 30.3 Å². The van der Waals surface area contributed by atoms with E-state index in [2.05, 4.69) is 15.1 Å². The summed E-state index contributed by atoms with van der Waals surface area (Å²) in [5.41, 5.74) is 2.07. The Labute approximate surface area is 157 Å². The van der Waals surface area contributed by atoms with Gasteiger partial charge in [-0.2, -0.15) is 9.50 Å². The van der Waals surface area contributed by atoms with Gasteiger partial charge in [-0.05, 0) is 30.3 Å². The highest BCUT2D eigenvalue weighted by Crippen LogP contribution is 2.28. The molecule has 0 spiro atoms. The quantitative estimate of drug-likeness (QED) is 0.446. The molecule has 0 bridgehead atoms. The summed E-state index contributed by atoms with van der Waals surface area (Å²) in [4.78, 5) is 9.00. The zero-order valence-electron chi connectivity index (χ0n) is 14.4. The van der Waals surface area contributed by atoms with Crippen LogP contribution in [0, 0.1) is 11.6 Å². The molecule has 136 valence electrons. The number of halogens is 2. The number of furan rings is 1. The molecule has 0 fully saturated rings. The van der Waals surface area contributed by atoms with Crippen LogP contribution in [0.5, 0.6) is 0 Å². The summed E-state index contributed by atoms with van der Waals surface area (Å²) in [6.45, 7) is 0. The predicted octanol–water partition coefficient (Wildman–Crippen LogP) is 5.00. The molecule has 0 aliphatic carbocycles. The molecule has 0 N–H and O–H groups in total. The second-order valence-corrected chi connectivity index (χ2v) is 6.18. The smallest absolute Gasteiger partial charge is 0.253 e. The Balaban J connectivity index is 1.79. The van der Waals surface area contributed by atoms with Crippen molar-refractivity contribution in [2.45, 2.75) is 0 Å². The minimum atomic E-state index is -0.678. The number of hydrogen-bond acceptors (Lipinski definition) is 4. The Hall–Kier alpha value is -3.87. The molecule has 3 aromatic heterocycles. The van der Waals surface area contributed by atoms with E-state index in [4.69, 9.17) is 4.42 Å². The largest absolute Gasteiger partial charge is 0.463 e. The van der Waals surface area contributed by atoms with Crippen molar-refractivity contribution in [1.29, 1.82) is 0 Å². The van der Waals surface area contributed by atoms with E-state index in [-0.39, 0.29) is 0 Å². The van der Waals surface area contributed by atoms with Gasteiger partial charge in [-0.1, -0.05) is 30.3 Å². The van der Waals surface area contributed by atoms with Gasteiger partial charge in [0.15, 0.2) is 11.6 Å². The van der Waals surface area contributed by atoms with Crippen molar-refractivity contribution in [2.24, 2.45) is 0 Å². The maximum Gasteiger partial charge on any atom is 0.253 e. The summed E-state index contributed by atoms with van der Waals surface area (Å²) < 4.78 is 34.6. The summed E-state index contributed by atoms with van der Waals surface area (Å²) in [6, 6.07) is 17.9. The van der Waals surface area contributed by atoms with Crippen LogP contribution in [0.2, 0.25) is 0 Å². The van der Waals surface area contributed by atoms with E-state index in [1.165, 1.54) is 22.9 Å². The van der Waals surface area contributed by atoms with E-state index < -0.39 is 11.6 Å². The maximum absolute atomic E-state index is 13.8. The van der Waals surface area contributed by atoms with Crippen molar-refractivity contribution in [3.63, 3.8) is 0 Å². The van der Waals surface area contributed by atoms with Gasteiger partial charge in [-0.3, -0.25) is 0 Å². The van der Waals surface area contributed by atoms with Crippen LogP contribution in [0.4, 0.5) is 8.78 Å². The van der Waals surface area contributed by atoms with Gasteiger partial charge < -0.3 is 4.42 Å². The van der Waals surface area contributed by atoms with Crippen LogP contribution in [0.15, 0.2) is 77.4 Å². The first-order valence-corrected chi connectivity index (χ1v) is 8.51. The Morgan fingerprint density at radius 3 is 2.29 bits per heavy atom. The molecule has 0 saturated carbocycles. The second kappa shape index (κ2) is 6.38. The van der Waals surface area contributed by atoms with E-state index in [9.17, 15) is 8.78 Å². The number of nitrogens with zero attached hydrogens (tertiary/aromatic N) is 4. The molecule has 0 saturated heterocycles. The lowest BCUT2D eigenvalue weighted by Crippen LogP contribution is -1.99. The normalized spacial score (nSPS) is 11.2. The van der Waals surface area contributed by atoms with Crippen molar-refractivity contribution < 1.29 is 13.2 Å². The second-order valence-electron chi connectivity index (χ2n) is 6.18. The Morgan fingerprint density at radius 2 is 1.57 bits per heavy atom. The molecule has 0 aliphatic heterocycles. The van der Waals surface area contributed by atoms with Crippen LogP contribution in [0.1, 0.15) is 0 Å². The Kier molecular flexibility index (Phi) is 3.72. The van der Waals surface area contributed by atoms with Gasteiger partial charge in [0.1, 0.15) is 17.3 Å². The fourth-order valence-electron chi connectivity index (χ4n) is 3.04. The lowest BCUT2D eigenvalue weighted by atomic mass is 10.1. The van der Waals surface area contributed by atoms with Gasteiger partial charge >= 0.3 is 0 Å². The van der Waals surface area contributed by atoms with Crippen molar-refractivity contribution >= 4 is 5.78 Å². The van der Waals surface area contributed by atoms with Crippen LogP contribution < -0.4 is 0 Å². The molecule has 0 radical (unpaired) electrons. The van der Waals surface area contributed by atoms with Crippen LogP contribution in [0.25, 0.3) is 39.9 Å². The number of benzene rings is 2. The number of hydrogen-bond donors (Lipinski definition) is 0. The molecule has 28 heavy (non-hydrogen) atoms. The molecular formula is C21H12F2N4O. The first-order valence-electron chi connectivity index (χ1n) is 8.51. The summed E-state index contributed by atoms with van der Waals surface area (Å²) in [7, 11) is 0. The van der Waals surface area contributed by atoms with Gasteiger partial charge in [-0.25, -0.2) is 13.8 Å². The fraction of sp³-hybridized carbons (Fsp3) is 0. The van der Waals surface area contributed by atoms with Crippen molar-refractivity contribution in [1.82, 2.24) is 19.6 Å². The zero-order chi connectivity index (χ0) is 19.1. The highest BCUT2D eigenvalue weighted by Gasteiger charge is 2.16. The van der Waals surface area contributed by atoms with Gasteiger partial charge in [0, 0.05) is 17.2 Å². The third kappa shape index (κ3) is 2.83. The van der Waals surface area contributed by atoms with E-state index >= 15 is 0 Å². The van der Waals surface area contributed by atoms with E-state index in [0.29, 0.717) is 34.3 Å². The van der Waals surface area contributed by atoms with Crippen molar-refractivity contribution in [2.75, 3.05) is 0 Å². The molecule has 7 heteroatoms. The van der Waals surface area contributed by atoms with Crippen LogP contribution in [-0.2, 0) is 0 Å². The fourth-order valence-corrected chi connectivity index (χ4v) is 3.04. The standard InChI is InChI=1S/C21H12F2N4O/c22-15-9-14(10-16(23)11-15)18-12-17(19-7-4-8-28-19)24-21-25-20(26-27(18)21)13-5-2-1-3-6-13/h1-12H. The Bertz CT molecular complexity index is 1260. The van der Waals surface area contributed by atoms with Crippen molar-refractivity contribution in [3.8, 4) is 34.1 Å². The maximum atomic E-state index is 13.8. The molecule has 5 rings (SSSR count). The molecule has 0 atom stereocenters. The summed E-state index contributed by atoms with van der Waals surface area (Å²) >= 11 is 0. The molecule has 0 aliphatic rings. The predicted molar refractivity (Wildman–Crippen MR) is 99.3 cm³/mol. The van der Waals surface area contributed by atoms with E-state index in [0.717, 1.165) is 11.6 Å². The highest BCUT2D eigenvalue weighted by atomic mass is 19.1. The molecule has 2 aromatic carbocycles. The van der Waals surface area contributed by atoms with E-state index in [1.54, 1.807) is 18.2 Å². The SMILES string of the molecule is Fc1cc(F)cc(-c2cc(-c3ccco3)nc3nc(-c4ccccc4)nn23)c1. The van der Waals surface area contributed by atoms with Gasteiger partial charge in [0.25, 0.3) is 5.78 Å². The molecule has 3 heterocycles. The number of fused-ring (bicyclic) bond motifs is 1. The van der Waals surface area contributed by atoms with Gasteiger partial charge in [-0.15, -0.1) is 5.10 Å². The number of aromatic nitrogens is 4. The average molecular weight is 374 g/mol. The molecule has 5 nitrogen and oxygen atoms in total. The van der Waals surface area contributed by atoms with Crippen LogP contribution in [0.3, 0.4) is 0 Å². The average Bonchev–Trinajstić information content (AvgIpc) is 3.37. The minimum Gasteiger partial charge on any atom is -0.463 e. The molecular weight excluding hydrogens is 362 g/mol. The van der Waals surface area contributed by atoms with Crippen LogP contribution >= 0.6 is 0 Å². The number of rotatable bonds is 3. The first-order chi connectivity index (χ1) is 13.7. The zero-order valence-corrected chi connectivity index (χ0v) is 14.4. The summed E-state index contributed by atoms with van der Waals surface area (Å²) in [5.74, 6) is -0.0778. The third-order valence-corrected chi connectivity index (χ3v) is 4.28. The monoisotopic (exact) mass is 374 g/mol.